The molecule has 0 aromatic carbocycles. The van der Waals surface area contributed by atoms with Crippen LogP contribution in [-0.4, -0.2) is 25.9 Å². The molecule has 0 amide bonds. The fourth-order valence-corrected chi connectivity index (χ4v) is 0.606. The molecular weight excluding hydrogens is 106 g/mol. The van der Waals surface area contributed by atoms with Crippen LogP contribution in [0.1, 0.15) is 6.92 Å². The maximum Gasteiger partial charge on any atom is 0.0781 e. The highest BCUT2D eigenvalue weighted by molar-refractivity contribution is 4.50. The Morgan fingerprint density at radius 1 is 1.38 bits per heavy atom. The summed E-state index contributed by atoms with van der Waals surface area (Å²) >= 11 is 0. The average molecular weight is 119 g/mol. The molecule has 50 valence electrons. The van der Waals surface area contributed by atoms with Crippen LogP contribution in [0.4, 0.5) is 0 Å². The average Bonchev–Trinajstić information content (AvgIpc) is 1.69. The van der Waals surface area contributed by atoms with Gasteiger partial charge in [-0.15, -0.1) is 0 Å². The SMILES string of the molecule is CC1COCCO1.N. The third-order valence-electron chi connectivity index (χ3n) is 0.983. The van der Waals surface area contributed by atoms with E-state index >= 15 is 0 Å². The van der Waals surface area contributed by atoms with Crippen LogP contribution in [0.5, 0.6) is 0 Å². The van der Waals surface area contributed by atoms with E-state index in [1.165, 1.54) is 0 Å². The van der Waals surface area contributed by atoms with Gasteiger partial charge in [0.15, 0.2) is 0 Å². The Labute approximate surface area is 49.6 Å². The quantitative estimate of drug-likeness (QED) is 0.507. The number of ether oxygens (including phenoxy) is 2. The minimum atomic E-state index is 0. The van der Waals surface area contributed by atoms with Gasteiger partial charge in [-0.3, -0.25) is 0 Å². The van der Waals surface area contributed by atoms with Crippen LogP contribution in [0.2, 0.25) is 0 Å². The summed E-state index contributed by atoms with van der Waals surface area (Å²) in [6.07, 6.45) is 0.314. The van der Waals surface area contributed by atoms with Crippen LogP contribution in [0.25, 0.3) is 0 Å². The van der Waals surface area contributed by atoms with Gasteiger partial charge in [0.1, 0.15) is 0 Å². The molecule has 0 aliphatic carbocycles. The molecule has 0 aromatic rings. The summed E-state index contributed by atoms with van der Waals surface area (Å²) in [5.74, 6) is 0. The first-order valence-corrected chi connectivity index (χ1v) is 2.59. The van der Waals surface area contributed by atoms with Crippen LogP contribution in [-0.2, 0) is 9.47 Å². The molecule has 0 bridgehead atoms. The molecule has 1 atom stereocenters. The second-order valence-electron chi connectivity index (χ2n) is 1.76. The molecule has 0 radical (unpaired) electrons. The Morgan fingerprint density at radius 2 is 2.12 bits per heavy atom. The zero-order valence-corrected chi connectivity index (χ0v) is 5.22. The van der Waals surface area contributed by atoms with Crippen molar-refractivity contribution in [3.05, 3.63) is 0 Å². The van der Waals surface area contributed by atoms with Crippen molar-refractivity contribution >= 4 is 0 Å². The molecule has 0 spiro atoms. The van der Waals surface area contributed by atoms with Crippen molar-refractivity contribution in [3.8, 4) is 0 Å². The summed E-state index contributed by atoms with van der Waals surface area (Å²) in [6.45, 7) is 4.31. The summed E-state index contributed by atoms with van der Waals surface area (Å²) in [4.78, 5) is 0. The minimum absolute atomic E-state index is 0. The van der Waals surface area contributed by atoms with Gasteiger partial charge in [-0.1, -0.05) is 0 Å². The fraction of sp³-hybridized carbons (Fsp3) is 1.00. The Hall–Kier alpha value is -0.120. The summed E-state index contributed by atoms with van der Waals surface area (Å²) in [7, 11) is 0. The van der Waals surface area contributed by atoms with E-state index in [0.29, 0.717) is 6.10 Å². The topological polar surface area (TPSA) is 53.5 Å². The fourth-order valence-electron chi connectivity index (χ4n) is 0.606. The van der Waals surface area contributed by atoms with Crippen molar-refractivity contribution in [3.63, 3.8) is 0 Å². The normalized spacial score (nSPS) is 28.9. The molecule has 8 heavy (non-hydrogen) atoms. The van der Waals surface area contributed by atoms with Gasteiger partial charge in [0.2, 0.25) is 0 Å². The lowest BCUT2D eigenvalue weighted by Gasteiger charge is -2.18. The van der Waals surface area contributed by atoms with Crippen molar-refractivity contribution in [1.82, 2.24) is 6.15 Å². The maximum absolute atomic E-state index is 5.15. The van der Waals surface area contributed by atoms with Crippen molar-refractivity contribution in [2.75, 3.05) is 19.8 Å². The molecule has 3 heteroatoms. The van der Waals surface area contributed by atoms with E-state index in [1.807, 2.05) is 6.92 Å². The van der Waals surface area contributed by atoms with Crippen LogP contribution < -0.4 is 6.15 Å². The van der Waals surface area contributed by atoms with E-state index in [2.05, 4.69) is 0 Å². The van der Waals surface area contributed by atoms with E-state index in [1.54, 1.807) is 0 Å². The molecule has 0 aromatic heterocycles. The van der Waals surface area contributed by atoms with E-state index in [-0.39, 0.29) is 6.15 Å². The van der Waals surface area contributed by atoms with Gasteiger partial charge in [0.25, 0.3) is 0 Å². The van der Waals surface area contributed by atoms with Gasteiger partial charge in [-0.2, -0.15) is 0 Å². The standard InChI is InChI=1S/C5H10O2.H3N/c1-5-4-6-2-3-7-5;/h5H,2-4H2,1H3;1H3. The first kappa shape index (κ1) is 7.88. The second kappa shape index (κ2) is 3.83. The molecule has 1 aliphatic rings. The minimum Gasteiger partial charge on any atom is -0.376 e. The lowest BCUT2D eigenvalue weighted by Crippen LogP contribution is -2.25. The zero-order chi connectivity index (χ0) is 5.11. The highest BCUT2D eigenvalue weighted by Crippen LogP contribution is 1.96. The zero-order valence-electron chi connectivity index (χ0n) is 5.22. The summed E-state index contributed by atoms with van der Waals surface area (Å²) in [6, 6.07) is 0. The maximum atomic E-state index is 5.15. The molecule has 3 nitrogen and oxygen atoms in total. The monoisotopic (exact) mass is 119 g/mol. The molecule has 1 fully saturated rings. The third-order valence-corrected chi connectivity index (χ3v) is 0.983. The molecule has 1 unspecified atom stereocenters. The highest BCUT2D eigenvalue weighted by atomic mass is 16.6. The Bertz CT molecular complexity index is 52.4. The molecule has 1 aliphatic heterocycles. The highest BCUT2D eigenvalue weighted by Gasteiger charge is 2.06. The first-order chi connectivity index (χ1) is 3.39. The number of hydrogen-bond donors (Lipinski definition) is 1. The van der Waals surface area contributed by atoms with Crippen molar-refractivity contribution in [2.45, 2.75) is 13.0 Å². The van der Waals surface area contributed by atoms with E-state index < -0.39 is 0 Å². The number of rotatable bonds is 0. The molecule has 1 saturated heterocycles. The van der Waals surface area contributed by atoms with Crippen LogP contribution in [0.15, 0.2) is 0 Å². The van der Waals surface area contributed by atoms with Gasteiger partial charge in [-0.25, -0.2) is 0 Å². The molecular formula is C5H13NO2. The Balaban J connectivity index is 0.000000490. The van der Waals surface area contributed by atoms with E-state index in [4.69, 9.17) is 9.47 Å². The summed E-state index contributed by atoms with van der Waals surface area (Å²) < 4.78 is 10.2. The van der Waals surface area contributed by atoms with Crippen molar-refractivity contribution in [1.29, 1.82) is 0 Å². The second-order valence-corrected chi connectivity index (χ2v) is 1.76. The summed E-state index contributed by atoms with van der Waals surface area (Å²) in [5, 5.41) is 0. The third kappa shape index (κ3) is 2.26. The van der Waals surface area contributed by atoms with Gasteiger partial charge >= 0.3 is 0 Å². The predicted molar refractivity (Wildman–Crippen MR) is 31.3 cm³/mol. The first-order valence-electron chi connectivity index (χ1n) is 2.59. The van der Waals surface area contributed by atoms with Gasteiger partial charge in [0, 0.05) is 0 Å². The van der Waals surface area contributed by atoms with Crippen LogP contribution >= 0.6 is 0 Å². The van der Waals surface area contributed by atoms with E-state index in [0.717, 1.165) is 19.8 Å². The molecule has 1 heterocycles. The largest absolute Gasteiger partial charge is 0.376 e. The van der Waals surface area contributed by atoms with E-state index in [9.17, 15) is 0 Å². The smallest absolute Gasteiger partial charge is 0.0781 e. The summed E-state index contributed by atoms with van der Waals surface area (Å²) in [5.41, 5.74) is 0. The lowest BCUT2D eigenvalue weighted by atomic mass is 10.4. The molecule has 0 saturated carbocycles. The Morgan fingerprint density at radius 3 is 2.38 bits per heavy atom. The van der Waals surface area contributed by atoms with Crippen LogP contribution in [0, 0.1) is 0 Å². The Kier molecular flexibility index (Phi) is 3.77. The van der Waals surface area contributed by atoms with Crippen molar-refractivity contribution in [2.24, 2.45) is 0 Å². The lowest BCUT2D eigenvalue weighted by molar-refractivity contribution is -0.0797. The van der Waals surface area contributed by atoms with Gasteiger partial charge in [-0.05, 0) is 6.92 Å². The van der Waals surface area contributed by atoms with Gasteiger partial charge in [0.05, 0.1) is 25.9 Å². The predicted octanol–water partition coefficient (Wildman–Crippen LogP) is 0.584. The van der Waals surface area contributed by atoms with Gasteiger partial charge < -0.3 is 15.6 Å². The van der Waals surface area contributed by atoms with Crippen molar-refractivity contribution < 1.29 is 9.47 Å². The van der Waals surface area contributed by atoms with Crippen LogP contribution in [0.3, 0.4) is 0 Å². The molecule has 3 N–H and O–H groups in total. The molecule has 1 rings (SSSR count). The number of hydrogen-bond acceptors (Lipinski definition) is 3.